The van der Waals surface area contributed by atoms with E-state index in [2.05, 4.69) is 5.32 Å². The van der Waals surface area contributed by atoms with Gasteiger partial charge in [0.25, 0.3) is 0 Å². The van der Waals surface area contributed by atoms with Crippen LogP contribution in [0.2, 0.25) is 0 Å². The van der Waals surface area contributed by atoms with Gasteiger partial charge in [-0.15, -0.1) is 0 Å². The van der Waals surface area contributed by atoms with Crippen LogP contribution in [0.25, 0.3) is 0 Å². The van der Waals surface area contributed by atoms with Crippen molar-refractivity contribution in [1.29, 1.82) is 0 Å². The van der Waals surface area contributed by atoms with Crippen LogP contribution < -0.4 is 28.3 Å². The van der Waals surface area contributed by atoms with E-state index >= 15 is 0 Å². The van der Waals surface area contributed by atoms with E-state index in [0.717, 1.165) is 0 Å². The molecule has 0 aromatic carbocycles. The molecular formula is C24H49N5O12. The van der Waals surface area contributed by atoms with Crippen molar-refractivity contribution in [3.8, 4) is 0 Å². The van der Waals surface area contributed by atoms with Crippen molar-refractivity contribution >= 4 is 0 Å². The highest BCUT2D eigenvalue weighted by Gasteiger charge is 2.51. The van der Waals surface area contributed by atoms with Crippen molar-refractivity contribution in [1.82, 2.24) is 5.32 Å². The van der Waals surface area contributed by atoms with Crippen LogP contribution in [0.5, 0.6) is 0 Å². The predicted molar refractivity (Wildman–Crippen MR) is 140 cm³/mol. The third-order valence-corrected chi connectivity index (χ3v) is 8.18. The zero-order chi connectivity index (χ0) is 30.4. The summed E-state index contributed by atoms with van der Waals surface area (Å²) in [7, 11) is 0. The summed E-state index contributed by atoms with van der Waals surface area (Å²) in [6.07, 6.45) is -14.2. The highest BCUT2D eigenvalue weighted by atomic mass is 16.7. The van der Waals surface area contributed by atoms with Gasteiger partial charge in [-0.1, -0.05) is 0 Å². The Morgan fingerprint density at radius 2 is 1.46 bits per heavy atom. The highest BCUT2D eigenvalue weighted by molar-refractivity contribution is 5.00. The normalized spacial score (nSPS) is 46.4. The maximum absolute atomic E-state index is 11.5. The summed E-state index contributed by atoms with van der Waals surface area (Å²) in [5, 5.41) is 84.8. The summed E-state index contributed by atoms with van der Waals surface area (Å²) in [5.74, 6) is -0.476. The zero-order valence-electron chi connectivity index (χ0n) is 22.9. The first-order valence-corrected chi connectivity index (χ1v) is 14.0. The Morgan fingerprint density at radius 1 is 0.805 bits per heavy atom. The molecule has 3 aliphatic rings. The molecule has 16 atom stereocenters. The minimum Gasteiger partial charge on any atom is -0.395 e. The molecule has 17 N–H and O–H groups in total. The van der Waals surface area contributed by atoms with Gasteiger partial charge in [-0.25, -0.2) is 0 Å². The van der Waals surface area contributed by atoms with E-state index < -0.39 is 104 Å². The van der Waals surface area contributed by atoms with E-state index in [1.807, 2.05) is 0 Å². The Balaban J connectivity index is 1.79. The summed E-state index contributed by atoms with van der Waals surface area (Å²) in [6, 6.07) is -3.21. The Labute approximate surface area is 238 Å². The second kappa shape index (κ2) is 15.9. The lowest BCUT2D eigenvalue weighted by atomic mass is 9.77. The van der Waals surface area contributed by atoms with Gasteiger partial charge >= 0.3 is 0 Å². The van der Waals surface area contributed by atoms with E-state index in [9.17, 15) is 35.7 Å². The van der Waals surface area contributed by atoms with Gasteiger partial charge in [-0.2, -0.15) is 0 Å². The Kier molecular flexibility index (Phi) is 13.5. The SMILES string of the molecule is NCC(O)CC[C@@H]1C[C@H](N)C(O[C@H]2O[C@H](CNCCO)[C@@H](O)[C@H](O)[C@H]2N)[C@H](O)[C@H]1O[C@H]1O[C@H](CO)[C@@H](O)[C@H](N)[C@H]1O. The molecule has 0 radical (unpaired) electrons. The predicted octanol–water partition coefficient (Wildman–Crippen LogP) is -7.31. The first kappa shape index (κ1) is 34.8. The van der Waals surface area contributed by atoms with Crippen molar-refractivity contribution in [3.63, 3.8) is 0 Å². The van der Waals surface area contributed by atoms with Crippen LogP contribution in [0.15, 0.2) is 0 Å². The molecular weight excluding hydrogens is 550 g/mol. The molecule has 3 fully saturated rings. The van der Waals surface area contributed by atoms with E-state index in [1.54, 1.807) is 0 Å². The smallest absolute Gasteiger partial charge is 0.186 e. The lowest BCUT2D eigenvalue weighted by Gasteiger charge is -2.49. The lowest BCUT2D eigenvalue weighted by Crippen LogP contribution is -2.67. The fourth-order valence-corrected chi connectivity index (χ4v) is 5.62. The fourth-order valence-electron chi connectivity index (χ4n) is 5.62. The molecule has 0 amide bonds. The van der Waals surface area contributed by atoms with Crippen LogP contribution in [-0.2, 0) is 18.9 Å². The molecule has 0 bridgehead atoms. The topological polar surface area (TPSA) is 315 Å². The number of nitrogens with one attached hydrogen (secondary N) is 1. The van der Waals surface area contributed by atoms with Gasteiger partial charge in [0.15, 0.2) is 12.6 Å². The number of aliphatic hydroxyl groups excluding tert-OH is 8. The molecule has 0 aromatic rings. The second-order valence-electron chi connectivity index (χ2n) is 11.1. The van der Waals surface area contributed by atoms with E-state index in [-0.39, 0.29) is 39.1 Å². The largest absolute Gasteiger partial charge is 0.395 e. The zero-order valence-corrected chi connectivity index (χ0v) is 22.9. The molecule has 1 aliphatic carbocycles. The van der Waals surface area contributed by atoms with Crippen LogP contribution in [-0.4, -0.2) is 165 Å². The van der Waals surface area contributed by atoms with Gasteiger partial charge in [0.05, 0.1) is 37.5 Å². The minimum atomic E-state index is -1.51. The molecule has 2 heterocycles. The average molecular weight is 600 g/mol. The van der Waals surface area contributed by atoms with Gasteiger partial charge < -0.3 is 88.1 Å². The third kappa shape index (κ3) is 8.28. The summed E-state index contributed by atoms with van der Waals surface area (Å²) >= 11 is 0. The summed E-state index contributed by atoms with van der Waals surface area (Å²) in [4.78, 5) is 0. The monoisotopic (exact) mass is 599 g/mol. The minimum absolute atomic E-state index is 0.0212. The Morgan fingerprint density at radius 3 is 2.10 bits per heavy atom. The summed E-state index contributed by atoms with van der Waals surface area (Å²) in [6.45, 7) is -0.444. The van der Waals surface area contributed by atoms with Crippen LogP contribution in [0.3, 0.4) is 0 Å². The van der Waals surface area contributed by atoms with Gasteiger partial charge in [-0.3, -0.25) is 0 Å². The number of hydrogen-bond donors (Lipinski definition) is 13. The molecule has 2 unspecified atom stereocenters. The van der Waals surface area contributed by atoms with Crippen LogP contribution in [0.1, 0.15) is 19.3 Å². The van der Waals surface area contributed by atoms with Gasteiger partial charge in [0, 0.05) is 25.7 Å². The number of nitrogens with two attached hydrogens (primary N) is 4. The van der Waals surface area contributed by atoms with Gasteiger partial charge in [0.1, 0.15) is 48.8 Å². The van der Waals surface area contributed by atoms with Crippen molar-refractivity contribution in [2.24, 2.45) is 28.9 Å². The van der Waals surface area contributed by atoms with Gasteiger partial charge in [-0.05, 0) is 25.2 Å². The summed E-state index contributed by atoms with van der Waals surface area (Å²) in [5.41, 5.74) is 24.0. The number of rotatable bonds is 13. The third-order valence-electron chi connectivity index (χ3n) is 8.18. The van der Waals surface area contributed by atoms with Crippen LogP contribution in [0, 0.1) is 5.92 Å². The fraction of sp³-hybridized carbons (Fsp3) is 1.00. The van der Waals surface area contributed by atoms with Crippen LogP contribution >= 0.6 is 0 Å². The molecule has 17 heteroatoms. The number of hydrogen-bond acceptors (Lipinski definition) is 17. The van der Waals surface area contributed by atoms with Crippen molar-refractivity contribution in [2.75, 3.05) is 32.8 Å². The van der Waals surface area contributed by atoms with E-state index in [0.29, 0.717) is 6.42 Å². The second-order valence-corrected chi connectivity index (χ2v) is 11.1. The van der Waals surface area contributed by atoms with Crippen LogP contribution in [0.4, 0.5) is 0 Å². The van der Waals surface area contributed by atoms with E-state index in [4.69, 9.17) is 47.0 Å². The maximum Gasteiger partial charge on any atom is 0.186 e. The molecule has 0 aromatic heterocycles. The Bertz CT molecular complexity index is 777. The summed E-state index contributed by atoms with van der Waals surface area (Å²) < 4.78 is 23.4. The Hall–Kier alpha value is -0.680. The molecule has 41 heavy (non-hydrogen) atoms. The molecule has 2 aliphatic heterocycles. The molecule has 1 saturated carbocycles. The highest BCUT2D eigenvalue weighted by Crippen LogP contribution is 2.36. The van der Waals surface area contributed by atoms with Crippen molar-refractivity contribution < 1.29 is 59.8 Å². The first-order valence-electron chi connectivity index (χ1n) is 14.0. The first-order chi connectivity index (χ1) is 19.4. The molecule has 2 saturated heterocycles. The molecule has 17 nitrogen and oxygen atoms in total. The van der Waals surface area contributed by atoms with Crippen molar-refractivity contribution in [3.05, 3.63) is 0 Å². The van der Waals surface area contributed by atoms with Crippen molar-refractivity contribution in [2.45, 2.75) is 111 Å². The molecule has 0 spiro atoms. The molecule has 3 rings (SSSR count). The number of aliphatic hydroxyl groups is 8. The average Bonchev–Trinajstić information content (AvgIpc) is 2.96. The maximum atomic E-state index is 11.5. The molecule has 242 valence electrons. The standard InChI is InChI=1S/C24H49N5O12/c25-6-10(32)2-1-9-5-11(26)22(41-23-15(28)18(35)17(34)12(38-23)7-29-3-4-30)20(37)21(9)40-24-19(36)14(27)16(33)13(8-31)39-24/h9-24,29-37H,1-8,25-28H2/t9-,10?,11+,12-,13-,14+,15-,16-,17-,18-,19-,20-,21+,22?,23-,24-/m1/s1. The van der Waals surface area contributed by atoms with Gasteiger partial charge in [0.2, 0.25) is 0 Å². The lowest BCUT2D eigenvalue weighted by molar-refractivity contribution is -0.324. The van der Waals surface area contributed by atoms with E-state index in [1.165, 1.54) is 0 Å². The number of ether oxygens (including phenoxy) is 4. The quantitative estimate of drug-likeness (QED) is 0.0874.